The van der Waals surface area contributed by atoms with Crippen molar-refractivity contribution in [3.63, 3.8) is 0 Å². The van der Waals surface area contributed by atoms with Gasteiger partial charge in [-0.2, -0.15) is 0 Å². The van der Waals surface area contributed by atoms with Crippen LogP contribution >= 0.6 is 11.3 Å². The lowest BCUT2D eigenvalue weighted by Gasteiger charge is -2.12. The zero-order valence-corrected chi connectivity index (χ0v) is 10.7. The van der Waals surface area contributed by atoms with Gasteiger partial charge in [0.05, 0.1) is 6.61 Å². The molecule has 3 N–H and O–H groups in total. The highest BCUT2D eigenvalue weighted by Crippen LogP contribution is 2.21. The second-order valence-electron chi connectivity index (χ2n) is 3.33. The van der Waals surface area contributed by atoms with E-state index >= 15 is 0 Å². The van der Waals surface area contributed by atoms with Crippen LogP contribution in [0.4, 0.5) is 0 Å². The average molecular weight is 279 g/mol. The fourth-order valence-electron chi connectivity index (χ4n) is 1.11. The Morgan fingerprint density at radius 1 is 1.53 bits per heavy atom. The fourth-order valence-corrected chi connectivity index (χ4v) is 3.58. The molecule has 0 saturated heterocycles. The standard InChI is InChI=1S/C9H13NO5S2/c1-2-6(5-11)10-17(14,15)8-4-3-7(16-8)9(12)13/h3-4,6,10-11H,2,5H2,1H3,(H,12,13)/t6-/m1/s1. The number of hydrogen-bond acceptors (Lipinski definition) is 5. The predicted octanol–water partition coefficient (Wildman–Crippen LogP) is 0.495. The van der Waals surface area contributed by atoms with Crippen molar-refractivity contribution in [2.45, 2.75) is 23.6 Å². The van der Waals surface area contributed by atoms with Crippen LogP contribution in [0.25, 0.3) is 0 Å². The number of nitrogens with one attached hydrogen (secondary N) is 1. The van der Waals surface area contributed by atoms with Crippen LogP contribution in [0.1, 0.15) is 23.0 Å². The second-order valence-corrected chi connectivity index (χ2v) is 6.36. The van der Waals surface area contributed by atoms with E-state index in [-0.39, 0.29) is 15.7 Å². The number of aromatic carboxylic acids is 1. The van der Waals surface area contributed by atoms with Crippen molar-refractivity contribution in [3.05, 3.63) is 17.0 Å². The molecular weight excluding hydrogens is 266 g/mol. The molecule has 0 aliphatic rings. The van der Waals surface area contributed by atoms with Crippen molar-refractivity contribution < 1.29 is 23.4 Å². The van der Waals surface area contributed by atoms with Crippen molar-refractivity contribution >= 4 is 27.3 Å². The maximum atomic E-state index is 11.8. The van der Waals surface area contributed by atoms with Crippen LogP contribution in [-0.4, -0.2) is 37.2 Å². The highest BCUT2D eigenvalue weighted by atomic mass is 32.2. The Morgan fingerprint density at radius 2 is 2.18 bits per heavy atom. The number of aliphatic hydroxyl groups excluding tert-OH is 1. The molecule has 0 aliphatic carbocycles. The lowest BCUT2D eigenvalue weighted by Crippen LogP contribution is -2.36. The number of aliphatic hydroxyl groups is 1. The molecule has 1 atom stereocenters. The van der Waals surface area contributed by atoms with Gasteiger partial charge in [-0.25, -0.2) is 17.9 Å². The van der Waals surface area contributed by atoms with Crippen molar-refractivity contribution in [1.29, 1.82) is 0 Å². The Hall–Kier alpha value is -0.960. The van der Waals surface area contributed by atoms with E-state index in [9.17, 15) is 13.2 Å². The zero-order valence-electron chi connectivity index (χ0n) is 9.08. The van der Waals surface area contributed by atoms with Crippen LogP contribution < -0.4 is 4.72 Å². The van der Waals surface area contributed by atoms with Crippen molar-refractivity contribution in [1.82, 2.24) is 4.72 Å². The van der Waals surface area contributed by atoms with Gasteiger partial charge in [0.15, 0.2) is 0 Å². The Labute approximate surface area is 103 Å². The molecule has 1 heterocycles. The molecule has 1 rings (SSSR count). The van der Waals surface area contributed by atoms with Crippen LogP contribution in [0, 0.1) is 0 Å². The topological polar surface area (TPSA) is 104 Å². The summed E-state index contributed by atoms with van der Waals surface area (Å²) in [7, 11) is -3.75. The number of carboxylic acid groups (broad SMARTS) is 1. The van der Waals surface area contributed by atoms with E-state index in [1.807, 2.05) is 0 Å². The molecular formula is C9H13NO5S2. The third-order valence-electron chi connectivity index (χ3n) is 2.09. The Kier molecular flexibility index (Phi) is 4.63. The van der Waals surface area contributed by atoms with Crippen molar-refractivity contribution in [3.8, 4) is 0 Å². The highest BCUT2D eigenvalue weighted by Gasteiger charge is 2.21. The third-order valence-corrected chi connectivity index (χ3v) is 5.18. The first-order chi connectivity index (χ1) is 7.90. The monoisotopic (exact) mass is 279 g/mol. The van der Waals surface area contributed by atoms with Gasteiger partial charge in [0.25, 0.3) is 0 Å². The van der Waals surface area contributed by atoms with Crippen molar-refractivity contribution in [2.75, 3.05) is 6.61 Å². The summed E-state index contributed by atoms with van der Waals surface area (Å²) >= 11 is 0.679. The SMILES string of the molecule is CC[C@H](CO)NS(=O)(=O)c1ccc(C(=O)O)s1. The number of thiophene rings is 1. The minimum atomic E-state index is -3.75. The average Bonchev–Trinajstić information content (AvgIpc) is 2.75. The molecule has 0 spiro atoms. The number of carbonyl (C=O) groups is 1. The van der Waals surface area contributed by atoms with Crippen molar-refractivity contribution in [2.24, 2.45) is 0 Å². The van der Waals surface area contributed by atoms with Gasteiger partial charge in [-0.05, 0) is 18.6 Å². The summed E-state index contributed by atoms with van der Waals surface area (Å²) in [6.07, 6.45) is 0.451. The van der Waals surface area contributed by atoms with Gasteiger partial charge in [0.2, 0.25) is 10.0 Å². The molecule has 17 heavy (non-hydrogen) atoms. The Balaban J connectivity index is 2.93. The van der Waals surface area contributed by atoms with Gasteiger partial charge in [-0.1, -0.05) is 6.92 Å². The molecule has 6 nitrogen and oxygen atoms in total. The van der Waals surface area contributed by atoms with Crippen LogP contribution in [0.15, 0.2) is 16.3 Å². The molecule has 0 bridgehead atoms. The van der Waals surface area contributed by atoms with Crippen LogP contribution in [0.5, 0.6) is 0 Å². The first-order valence-corrected chi connectivity index (χ1v) is 7.17. The van der Waals surface area contributed by atoms with Crippen LogP contribution in [-0.2, 0) is 10.0 Å². The maximum Gasteiger partial charge on any atom is 0.345 e. The normalized spacial score (nSPS) is 13.5. The molecule has 0 unspecified atom stereocenters. The first-order valence-electron chi connectivity index (χ1n) is 4.87. The summed E-state index contributed by atoms with van der Waals surface area (Å²) < 4.78 is 25.8. The maximum absolute atomic E-state index is 11.8. The van der Waals surface area contributed by atoms with Crippen LogP contribution in [0.2, 0.25) is 0 Å². The minimum Gasteiger partial charge on any atom is -0.477 e. The Morgan fingerprint density at radius 3 is 2.59 bits per heavy atom. The summed E-state index contributed by atoms with van der Waals surface area (Å²) in [6, 6.07) is 1.91. The second kappa shape index (κ2) is 5.58. The predicted molar refractivity (Wildman–Crippen MR) is 62.8 cm³/mol. The van der Waals surface area contributed by atoms with E-state index in [4.69, 9.17) is 10.2 Å². The first kappa shape index (κ1) is 14.1. The van der Waals surface area contributed by atoms with E-state index in [0.717, 1.165) is 0 Å². The lowest BCUT2D eigenvalue weighted by atomic mass is 10.3. The molecule has 0 amide bonds. The summed E-state index contributed by atoms with van der Waals surface area (Å²) in [6.45, 7) is 1.44. The lowest BCUT2D eigenvalue weighted by molar-refractivity contribution is 0.0702. The van der Waals surface area contributed by atoms with Gasteiger partial charge in [0.1, 0.15) is 9.09 Å². The number of rotatable bonds is 6. The van der Waals surface area contributed by atoms with Gasteiger partial charge >= 0.3 is 5.97 Å². The molecule has 0 radical (unpaired) electrons. The van der Waals surface area contributed by atoms with E-state index in [2.05, 4.69) is 4.72 Å². The molecule has 0 aliphatic heterocycles. The quantitative estimate of drug-likeness (QED) is 0.703. The van der Waals surface area contributed by atoms with Gasteiger partial charge < -0.3 is 10.2 Å². The van der Waals surface area contributed by atoms with E-state index in [1.54, 1.807) is 6.92 Å². The van der Waals surface area contributed by atoms with Gasteiger partial charge in [0, 0.05) is 6.04 Å². The highest BCUT2D eigenvalue weighted by molar-refractivity contribution is 7.91. The molecule has 8 heteroatoms. The summed E-state index contributed by atoms with van der Waals surface area (Å²) in [5, 5.41) is 17.6. The zero-order chi connectivity index (χ0) is 13.1. The molecule has 96 valence electrons. The summed E-state index contributed by atoms with van der Waals surface area (Å²) in [5.74, 6) is -1.16. The summed E-state index contributed by atoms with van der Waals surface area (Å²) in [4.78, 5) is 10.6. The number of sulfonamides is 1. The number of carboxylic acids is 1. The summed E-state index contributed by atoms with van der Waals surface area (Å²) in [5.41, 5.74) is 0. The molecule has 1 aromatic heterocycles. The molecule has 1 aromatic rings. The smallest absolute Gasteiger partial charge is 0.345 e. The third kappa shape index (κ3) is 3.50. The van der Waals surface area contributed by atoms with E-state index in [1.165, 1.54) is 12.1 Å². The Bertz CT molecular complexity index is 489. The molecule has 0 saturated carbocycles. The largest absolute Gasteiger partial charge is 0.477 e. The number of hydrogen-bond donors (Lipinski definition) is 3. The minimum absolute atomic E-state index is 0.0394. The molecule has 0 aromatic carbocycles. The van der Waals surface area contributed by atoms with Gasteiger partial charge in [-0.3, -0.25) is 0 Å². The van der Waals surface area contributed by atoms with Gasteiger partial charge in [-0.15, -0.1) is 11.3 Å². The fraction of sp³-hybridized carbons (Fsp3) is 0.444. The van der Waals surface area contributed by atoms with E-state index < -0.39 is 22.0 Å². The van der Waals surface area contributed by atoms with Crippen LogP contribution in [0.3, 0.4) is 0 Å². The van der Waals surface area contributed by atoms with E-state index in [0.29, 0.717) is 17.8 Å². The molecule has 0 fully saturated rings.